The van der Waals surface area contributed by atoms with Crippen LogP contribution in [0.4, 0.5) is 5.69 Å². The molecule has 0 aliphatic heterocycles. The first-order valence-electron chi connectivity index (χ1n) is 5.77. The van der Waals surface area contributed by atoms with E-state index in [-0.39, 0.29) is 12.8 Å². The molecule has 0 radical (unpaired) electrons. The third-order valence-electron chi connectivity index (χ3n) is 2.40. The summed E-state index contributed by atoms with van der Waals surface area (Å²) in [6.07, 6.45) is 1.97. The third-order valence-corrected chi connectivity index (χ3v) is 2.40. The molecule has 0 unspecified atom stereocenters. The Kier molecular flexibility index (Phi) is 5.47. The molecule has 0 aromatic heterocycles. The summed E-state index contributed by atoms with van der Waals surface area (Å²) in [5, 5.41) is 14.1. The molecule has 0 saturated heterocycles. The van der Waals surface area contributed by atoms with Gasteiger partial charge in [0, 0.05) is 25.3 Å². The number of hydrogen-bond acceptors (Lipinski definition) is 5. The van der Waals surface area contributed by atoms with Gasteiger partial charge in [0.2, 0.25) is 0 Å². The van der Waals surface area contributed by atoms with E-state index in [1.165, 1.54) is 6.21 Å². The van der Waals surface area contributed by atoms with Gasteiger partial charge in [-0.25, -0.2) is 0 Å². The number of Topliss-reactive ketones (excluding diaryl/α,β-unsaturated/α-hetero) is 2. The summed E-state index contributed by atoms with van der Waals surface area (Å²) in [6.45, 7) is 1.97. The van der Waals surface area contributed by atoms with Gasteiger partial charge in [0.1, 0.15) is 5.71 Å². The molecule has 1 rings (SSSR count). The fraction of sp³-hybridized carbons (Fsp3) is 0.214. The summed E-state index contributed by atoms with van der Waals surface area (Å²) < 4.78 is 0. The number of aryl methyl sites for hydroxylation is 1. The Hall–Kier alpha value is -2.43. The zero-order valence-electron chi connectivity index (χ0n) is 10.6. The molecular formula is C14H15N3O2. The van der Waals surface area contributed by atoms with E-state index >= 15 is 0 Å². The smallest absolute Gasteiger partial charge is 0.189 e. The monoisotopic (exact) mass is 257 g/mol. The van der Waals surface area contributed by atoms with Gasteiger partial charge in [-0.05, 0) is 19.1 Å². The van der Waals surface area contributed by atoms with Crippen molar-refractivity contribution in [2.45, 2.75) is 19.8 Å². The molecule has 0 aliphatic rings. The van der Waals surface area contributed by atoms with Gasteiger partial charge in [-0.15, -0.1) is 0 Å². The van der Waals surface area contributed by atoms with Crippen LogP contribution in [0.2, 0.25) is 0 Å². The molecule has 1 aromatic carbocycles. The number of nitrogens with zero attached hydrogens (tertiary/aromatic N) is 1. The SMILES string of the molecule is Cc1ccc(N=CCC(=O)C(=N)C(=O)CC=N)cc1. The predicted octanol–water partition coefficient (Wildman–Crippen LogP) is 2.29. The second kappa shape index (κ2) is 7.10. The Labute approximate surface area is 111 Å². The number of aliphatic imine (C=N–C) groups is 1. The van der Waals surface area contributed by atoms with Crippen molar-refractivity contribution in [2.75, 3.05) is 0 Å². The van der Waals surface area contributed by atoms with Crippen LogP contribution in [-0.4, -0.2) is 29.7 Å². The van der Waals surface area contributed by atoms with E-state index in [2.05, 4.69) is 4.99 Å². The van der Waals surface area contributed by atoms with Crippen molar-refractivity contribution in [3.8, 4) is 0 Å². The van der Waals surface area contributed by atoms with Crippen LogP contribution in [-0.2, 0) is 9.59 Å². The molecule has 0 spiro atoms. The van der Waals surface area contributed by atoms with Gasteiger partial charge in [0.05, 0.1) is 5.69 Å². The minimum Gasteiger partial charge on any atom is -0.313 e. The molecule has 0 saturated carbocycles. The Bertz CT molecular complexity index is 530. The van der Waals surface area contributed by atoms with Crippen LogP contribution >= 0.6 is 0 Å². The van der Waals surface area contributed by atoms with Crippen molar-refractivity contribution in [1.29, 1.82) is 10.8 Å². The zero-order chi connectivity index (χ0) is 14.3. The largest absolute Gasteiger partial charge is 0.313 e. The van der Waals surface area contributed by atoms with E-state index in [9.17, 15) is 9.59 Å². The van der Waals surface area contributed by atoms with Crippen LogP contribution in [0.1, 0.15) is 18.4 Å². The quantitative estimate of drug-likeness (QED) is 0.579. The summed E-state index contributed by atoms with van der Waals surface area (Å²) in [7, 11) is 0. The number of carbonyl (C=O) groups excluding carboxylic acids is 2. The molecule has 19 heavy (non-hydrogen) atoms. The van der Waals surface area contributed by atoms with E-state index in [0.717, 1.165) is 17.5 Å². The molecule has 0 aliphatic carbocycles. The summed E-state index contributed by atoms with van der Waals surface area (Å²) in [6, 6.07) is 7.46. The molecule has 0 fully saturated rings. The van der Waals surface area contributed by atoms with Crippen molar-refractivity contribution in [1.82, 2.24) is 0 Å². The highest BCUT2D eigenvalue weighted by Crippen LogP contribution is 2.11. The fourth-order valence-electron chi connectivity index (χ4n) is 1.32. The number of ketones is 2. The average Bonchev–Trinajstić information content (AvgIpc) is 2.40. The summed E-state index contributed by atoms with van der Waals surface area (Å²) in [4.78, 5) is 26.8. The Balaban J connectivity index is 2.54. The molecule has 0 heterocycles. The lowest BCUT2D eigenvalue weighted by atomic mass is 10.1. The maximum Gasteiger partial charge on any atom is 0.189 e. The van der Waals surface area contributed by atoms with Crippen LogP contribution in [0.5, 0.6) is 0 Å². The van der Waals surface area contributed by atoms with Gasteiger partial charge < -0.3 is 5.41 Å². The molecular weight excluding hydrogens is 242 g/mol. The second-order valence-electron chi connectivity index (χ2n) is 3.98. The van der Waals surface area contributed by atoms with E-state index < -0.39 is 17.3 Å². The lowest BCUT2D eigenvalue weighted by Crippen LogP contribution is -2.23. The average molecular weight is 257 g/mol. The Morgan fingerprint density at radius 3 is 2.32 bits per heavy atom. The highest BCUT2D eigenvalue weighted by Gasteiger charge is 2.15. The van der Waals surface area contributed by atoms with Crippen molar-refractivity contribution >= 4 is 35.4 Å². The molecule has 0 bridgehead atoms. The standard InChI is InChI=1S/C14H15N3O2/c1-10-2-4-11(5-3-10)17-9-7-13(19)14(16)12(18)6-8-15/h2-5,8-9,15-16H,6-7H2,1H3. The lowest BCUT2D eigenvalue weighted by molar-refractivity contribution is -0.115. The first-order chi connectivity index (χ1) is 9.04. The van der Waals surface area contributed by atoms with Crippen molar-refractivity contribution in [3.63, 3.8) is 0 Å². The van der Waals surface area contributed by atoms with E-state index in [1.54, 1.807) is 0 Å². The van der Waals surface area contributed by atoms with Crippen molar-refractivity contribution in [2.24, 2.45) is 4.99 Å². The van der Waals surface area contributed by atoms with Gasteiger partial charge in [-0.3, -0.25) is 20.0 Å². The van der Waals surface area contributed by atoms with Gasteiger partial charge in [0.25, 0.3) is 0 Å². The van der Waals surface area contributed by atoms with E-state index in [4.69, 9.17) is 10.8 Å². The second-order valence-corrected chi connectivity index (χ2v) is 3.98. The first-order valence-corrected chi connectivity index (χ1v) is 5.77. The first kappa shape index (κ1) is 14.6. The van der Waals surface area contributed by atoms with Crippen LogP contribution in [0.3, 0.4) is 0 Å². The number of hydrogen-bond donors (Lipinski definition) is 2. The topological polar surface area (TPSA) is 94.2 Å². The molecule has 98 valence electrons. The minimum absolute atomic E-state index is 0.0869. The number of rotatable bonds is 7. The predicted molar refractivity (Wildman–Crippen MR) is 75.1 cm³/mol. The van der Waals surface area contributed by atoms with Crippen molar-refractivity contribution in [3.05, 3.63) is 29.8 Å². The molecule has 5 nitrogen and oxygen atoms in total. The summed E-state index contributed by atoms with van der Waals surface area (Å²) in [5.41, 5.74) is 1.27. The highest BCUT2D eigenvalue weighted by molar-refractivity contribution is 6.66. The number of carbonyl (C=O) groups is 2. The molecule has 1 aromatic rings. The van der Waals surface area contributed by atoms with Crippen LogP contribution in [0.25, 0.3) is 0 Å². The normalized spacial score (nSPS) is 10.4. The molecule has 0 amide bonds. The summed E-state index contributed by atoms with van der Waals surface area (Å²) in [5.74, 6) is -1.22. The third kappa shape index (κ3) is 4.75. The van der Waals surface area contributed by atoms with Gasteiger partial charge >= 0.3 is 0 Å². The lowest BCUT2D eigenvalue weighted by Gasteiger charge is -1.97. The maximum absolute atomic E-state index is 11.5. The van der Waals surface area contributed by atoms with Gasteiger partial charge in [-0.1, -0.05) is 17.7 Å². The van der Waals surface area contributed by atoms with Crippen LogP contribution in [0, 0.1) is 17.7 Å². The minimum atomic E-state index is -0.635. The van der Waals surface area contributed by atoms with E-state index in [1.807, 2.05) is 31.2 Å². The van der Waals surface area contributed by atoms with Crippen LogP contribution in [0.15, 0.2) is 29.3 Å². The molecule has 5 heteroatoms. The zero-order valence-corrected chi connectivity index (χ0v) is 10.6. The van der Waals surface area contributed by atoms with Gasteiger partial charge in [-0.2, -0.15) is 0 Å². The number of benzene rings is 1. The maximum atomic E-state index is 11.5. The number of nitrogens with one attached hydrogen (secondary N) is 2. The highest BCUT2D eigenvalue weighted by atomic mass is 16.1. The van der Waals surface area contributed by atoms with Gasteiger partial charge in [0.15, 0.2) is 11.6 Å². The molecule has 0 atom stereocenters. The molecule has 2 N–H and O–H groups in total. The fourth-order valence-corrected chi connectivity index (χ4v) is 1.32. The Morgan fingerprint density at radius 2 is 1.74 bits per heavy atom. The van der Waals surface area contributed by atoms with Crippen molar-refractivity contribution < 1.29 is 9.59 Å². The van der Waals surface area contributed by atoms with E-state index in [0.29, 0.717) is 0 Å². The summed E-state index contributed by atoms with van der Waals surface area (Å²) >= 11 is 0. The van der Waals surface area contributed by atoms with Crippen LogP contribution < -0.4 is 0 Å². The Morgan fingerprint density at radius 1 is 1.16 bits per heavy atom.